The normalized spacial score (nSPS) is 13.1. The number of carbonyl (C=O) groups excluding carboxylic acids is 1. The Balaban J connectivity index is 1.97. The Morgan fingerprint density at radius 1 is 1.40 bits per heavy atom. The van der Waals surface area contributed by atoms with E-state index in [-0.39, 0.29) is 18.7 Å². The third-order valence-corrected chi connectivity index (χ3v) is 3.58. The largest absolute Gasteiger partial charge is 0.454 e. The molecule has 1 aromatic carbocycles. The average molecular weight is 343 g/mol. The maximum atomic E-state index is 11.7. The van der Waals surface area contributed by atoms with Gasteiger partial charge in [-0.05, 0) is 38.6 Å². The Kier molecular flexibility index (Phi) is 4.88. The molecule has 0 atom stereocenters. The van der Waals surface area contributed by atoms with Crippen molar-refractivity contribution in [3.8, 4) is 11.5 Å². The molecule has 0 saturated heterocycles. The van der Waals surface area contributed by atoms with Crippen LogP contribution in [0.5, 0.6) is 11.5 Å². The van der Waals surface area contributed by atoms with E-state index >= 15 is 0 Å². The van der Waals surface area contributed by atoms with Crippen molar-refractivity contribution >= 4 is 21.8 Å². The van der Waals surface area contributed by atoms with Gasteiger partial charge in [-0.25, -0.2) is 0 Å². The monoisotopic (exact) mass is 342 g/mol. The molecular weight excluding hydrogens is 324 g/mol. The number of benzene rings is 1. The predicted molar refractivity (Wildman–Crippen MR) is 79.9 cm³/mol. The van der Waals surface area contributed by atoms with Gasteiger partial charge in [0.2, 0.25) is 12.7 Å². The zero-order valence-electron chi connectivity index (χ0n) is 11.9. The van der Waals surface area contributed by atoms with Gasteiger partial charge >= 0.3 is 0 Å². The van der Waals surface area contributed by atoms with Crippen molar-refractivity contribution < 1.29 is 14.3 Å². The number of nitrogens with zero attached hydrogens (tertiary/aromatic N) is 1. The topological polar surface area (TPSA) is 50.8 Å². The second-order valence-electron chi connectivity index (χ2n) is 5.19. The average Bonchev–Trinajstić information content (AvgIpc) is 2.74. The van der Waals surface area contributed by atoms with E-state index in [4.69, 9.17) is 9.47 Å². The SMILES string of the molecule is CC(C)NC(=O)CN(C)Cc1cc2c(cc1Br)OCO2. The van der Waals surface area contributed by atoms with Crippen LogP contribution in [-0.2, 0) is 11.3 Å². The van der Waals surface area contributed by atoms with E-state index in [1.165, 1.54) is 0 Å². The number of likely N-dealkylation sites (N-methyl/N-ethyl adjacent to an activating group) is 1. The maximum Gasteiger partial charge on any atom is 0.234 e. The Bertz CT molecular complexity index is 505. The minimum absolute atomic E-state index is 0.0272. The highest BCUT2D eigenvalue weighted by atomic mass is 79.9. The standard InChI is InChI=1S/C14H19BrN2O3/c1-9(2)16-14(18)7-17(3)6-10-4-12-13(5-11(10)15)20-8-19-12/h4-5,9H,6-8H2,1-3H3,(H,16,18). The van der Waals surface area contributed by atoms with Gasteiger partial charge in [0.25, 0.3) is 0 Å². The lowest BCUT2D eigenvalue weighted by atomic mass is 10.2. The van der Waals surface area contributed by atoms with Gasteiger partial charge in [0.05, 0.1) is 6.54 Å². The highest BCUT2D eigenvalue weighted by Crippen LogP contribution is 2.37. The second kappa shape index (κ2) is 6.45. The van der Waals surface area contributed by atoms with Gasteiger partial charge in [0.15, 0.2) is 11.5 Å². The van der Waals surface area contributed by atoms with Crippen LogP contribution < -0.4 is 14.8 Å². The second-order valence-corrected chi connectivity index (χ2v) is 6.05. The van der Waals surface area contributed by atoms with E-state index in [9.17, 15) is 4.79 Å². The third-order valence-electron chi connectivity index (χ3n) is 2.85. The summed E-state index contributed by atoms with van der Waals surface area (Å²) in [5, 5.41) is 2.88. The van der Waals surface area contributed by atoms with Crippen LogP contribution in [0.25, 0.3) is 0 Å². The zero-order chi connectivity index (χ0) is 14.7. The summed E-state index contributed by atoms with van der Waals surface area (Å²) in [5.74, 6) is 1.53. The van der Waals surface area contributed by atoms with E-state index in [1.807, 2.05) is 37.9 Å². The van der Waals surface area contributed by atoms with Crippen molar-refractivity contribution in [3.05, 3.63) is 22.2 Å². The number of fused-ring (bicyclic) bond motifs is 1. The minimum atomic E-state index is 0.0272. The molecule has 0 aliphatic carbocycles. The number of hydrogen-bond donors (Lipinski definition) is 1. The highest BCUT2D eigenvalue weighted by Gasteiger charge is 2.17. The lowest BCUT2D eigenvalue weighted by molar-refractivity contribution is -0.122. The molecule has 1 aliphatic rings. The first-order valence-corrected chi connectivity index (χ1v) is 7.31. The number of rotatable bonds is 5. The van der Waals surface area contributed by atoms with E-state index < -0.39 is 0 Å². The fourth-order valence-electron chi connectivity index (χ4n) is 2.04. The summed E-state index contributed by atoms with van der Waals surface area (Å²) in [6, 6.07) is 4.01. The molecule has 0 radical (unpaired) electrons. The van der Waals surface area contributed by atoms with Crippen molar-refractivity contribution in [1.82, 2.24) is 10.2 Å². The fraction of sp³-hybridized carbons (Fsp3) is 0.500. The molecule has 2 rings (SSSR count). The summed E-state index contributed by atoms with van der Waals surface area (Å²) in [7, 11) is 1.91. The molecule has 0 saturated carbocycles. The van der Waals surface area contributed by atoms with Crippen molar-refractivity contribution in [2.24, 2.45) is 0 Å². The number of nitrogens with one attached hydrogen (secondary N) is 1. The van der Waals surface area contributed by atoms with Crippen LogP contribution in [0.15, 0.2) is 16.6 Å². The molecule has 1 N–H and O–H groups in total. The van der Waals surface area contributed by atoms with Crippen molar-refractivity contribution in [3.63, 3.8) is 0 Å². The Labute approximate surface area is 127 Å². The molecule has 0 bridgehead atoms. The van der Waals surface area contributed by atoms with Gasteiger partial charge in [-0.1, -0.05) is 15.9 Å². The third kappa shape index (κ3) is 3.86. The summed E-state index contributed by atoms with van der Waals surface area (Å²) in [5.41, 5.74) is 1.06. The molecular formula is C14H19BrN2O3. The molecule has 20 heavy (non-hydrogen) atoms. The van der Waals surface area contributed by atoms with Crippen molar-refractivity contribution in [2.75, 3.05) is 20.4 Å². The molecule has 0 unspecified atom stereocenters. The number of carbonyl (C=O) groups is 1. The van der Waals surface area contributed by atoms with Gasteiger partial charge < -0.3 is 14.8 Å². The van der Waals surface area contributed by atoms with Gasteiger partial charge in [-0.15, -0.1) is 0 Å². The molecule has 0 fully saturated rings. The summed E-state index contributed by atoms with van der Waals surface area (Å²) in [4.78, 5) is 13.7. The summed E-state index contributed by atoms with van der Waals surface area (Å²) in [6.07, 6.45) is 0. The van der Waals surface area contributed by atoms with E-state index in [2.05, 4.69) is 21.2 Å². The highest BCUT2D eigenvalue weighted by molar-refractivity contribution is 9.10. The van der Waals surface area contributed by atoms with E-state index in [0.29, 0.717) is 13.1 Å². The maximum absolute atomic E-state index is 11.7. The minimum Gasteiger partial charge on any atom is -0.454 e. The van der Waals surface area contributed by atoms with Gasteiger partial charge in [0.1, 0.15) is 0 Å². The van der Waals surface area contributed by atoms with Gasteiger partial charge in [-0.2, -0.15) is 0 Å². The van der Waals surface area contributed by atoms with E-state index in [1.54, 1.807) is 0 Å². The molecule has 1 aromatic rings. The van der Waals surface area contributed by atoms with Crippen LogP contribution in [0.1, 0.15) is 19.4 Å². The van der Waals surface area contributed by atoms with Gasteiger partial charge in [0, 0.05) is 17.1 Å². The fourth-order valence-corrected chi connectivity index (χ4v) is 2.49. The molecule has 1 aliphatic heterocycles. The van der Waals surface area contributed by atoms with Crippen LogP contribution in [0.2, 0.25) is 0 Å². The van der Waals surface area contributed by atoms with Crippen LogP contribution in [0.4, 0.5) is 0 Å². The summed E-state index contributed by atoms with van der Waals surface area (Å²) < 4.78 is 11.6. The Hall–Kier alpha value is -1.27. The van der Waals surface area contributed by atoms with Crippen LogP contribution in [-0.4, -0.2) is 37.2 Å². The van der Waals surface area contributed by atoms with Crippen molar-refractivity contribution in [2.45, 2.75) is 26.4 Å². The molecule has 0 aromatic heterocycles. The van der Waals surface area contributed by atoms with Crippen LogP contribution in [0.3, 0.4) is 0 Å². The molecule has 0 spiro atoms. The van der Waals surface area contributed by atoms with Crippen LogP contribution in [0, 0.1) is 0 Å². The molecule has 5 nitrogen and oxygen atoms in total. The molecule has 6 heteroatoms. The summed E-state index contributed by atoms with van der Waals surface area (Å²) >= 11 is 3.52. The van der Waals surface area contributed by atoms with Gasteiger partial charge in [-0.3, -0.25) is 9.69 Å². The predicted octanol–water partition coefficient (Wildman–Crippen LogP) is 2.13. The first-order valence-electron chi connectivity index (χ1n) is 6.51. The quantitative estimate of drug-likeness (QED) is 0.890. The summed E-state index contributed by atoms with van der Waals surface area (Å²) in [6.45, 7) is 5.18. The molecule has 110 valence electrons. The lowest BCUT2D eigenvalue weighted by Gasteiger charge is -2.18. The number of halogens is 1. The zero-order valence-corrected chi connectivity index (χ0v) is 13.5. The van der Waals surface area contributed by atoms with Crippen molar-refractivity contribution in [1.29, 1.82) is 0 Å². The number of hydrogen-bond acceptors (Lipinski definition) is 4. The number of ether oxygens (including phenoxy) is 2. The molecule has 1 heterocycles. The smallest absolute Gasteiger partial charge is 0.234 e. The van der Waals surface area contributed by atoms with Crippen LogP contribution >= 0.6 is 15.9 Å². The first-order chi connectivity index (χ1) is 9.45. The number of amides is 1. The Morgan fingerprint density at radius 3 is 2.70 bits per heavy atom. The molecule has 1 amide bonds. The first kappa shape index (κ1) is 15.1. The Morgan fingerprint density at radius 2 is 2.05 bits per heavy atom. The van der Waals surface area contributed by atoms with E-state index in [0.717, 1.165) is 21.5 Å². The lowest BCUT2D eigenvalue weighted by Crippen LogP contribution is -2.38.